The van der Waals surface area contributed by atoms with Gasteiger partial charge in [-0.2, -0.15) is 0 Å². The van der Waals surface area contributed by atoms with Crippen LogP contribution in [0.3, 0.4) is 0 Å². The van der Waals surface area contributed by atoms with Gasteiger partial charge >= 0.3 is 5.97 Å². The molecule has 5 nitrogen and oxygen atoms in total. The van der Waals surface area contributed by atoms with Crippen molar-refractivity contribution < 1.29 is 14.3 Å². The van der Waals surface area contributed by atoms with Gasteiger partial charge in [0.15, 0.2) is 0 Å². The summed E-state index contributed by atoms with van der Waals surface area (Å²) < 4.78 is 4.73. The molecule has 23 heavy (non-hydrogen) atoms. The molecule has 6 heteroatoms. The first-order chi connectivity index (χ1) is 11.1. The summed E-state index contributed by atoms with van der Waals surface area (Å²) in [6, 6.07) is 10.9. The number of methoxy groups -OCH3 is 1. The fourth-order valence-electron chi connectivity index (χ4n) is 2.60. The number of hydrogen-bond acceptors (Lipinski definition) is 5. The number of thioether (sulfide) groups is 1. The molecule has 2 heterocycles. The highest BCUT2D eigenvalue weighted by Crippen LogP contribution is 2.42. The van der Waals surface area contributed by atoms with Crippen LogP contribution < -0.4 is 4.90 Å². The number of nitrogens with zero attached hydrogens (tertiary/aromatic N) is 2. The van der Waals surface area contributed by atoms with E-state index in [1.807, 2.05) is 25.1 Å². The third-order valence-electron chi connectivity index (χ3n) is 3.69. The van der Waals surface area contributed by atoms with E-state index in [1.165, 1.54) is 7.11 Å². The summed E-state index contributed by atoms with van der Waals surface area (Å²) in [5.74, 6) is 0.0713. The molecule has 0 radical (unpaired) electrons. The van der Waals surface area contributed by atoms with Crippen LogP contribution in [0.1, 0.15) is 27.0 Å². The number of rotatable bonds is 3. The van der Waals surface area contributed by atoms with E-state index in [4.69, 9.17) is 4.74 Å². The number of esters is 1. The average molecular weight is 328 g/mol. The normalized spacial score (nSPS) is 17.4. The van der Waals surface area contributed by atoms with Gasteiger partial charge in [0, 0.05) is 11.9 Å². The molecular formula is C17H16N2O3S. The number of aromatic nitrogens is 1. The van der Waals surface area contributed by atoms with Crippen LogP contribution in [0.15, 0.2) is 42.6 Å². The molecule has 1 aliphatic heterocycles. The SMILES string of the molecule is COC(=O)c1ccc(N2C(=O)CSC2c2ccccn2)c(C)c1. The van der Waals surface area contributed by atoms with Crippen LogP contribution in [0, 0.1) is 6.92 Å². The van der Waals surface area contributed by atoms with Gasteiger partial charge in [0.1, 0.15) is 5.37 Å². The highest BCUT2D eigenvalue weighted by atomic mass is 32.2. The van der Waals surface area contributed by atoms with Gasteiger partial charge in [-0.15, -0.1) is 11.8 Å². The van der Waals surface area contributed by atoms with Crippen molar-refractivity contribution in [3.63, 3.8) is 0 Å². The van der Waals surface area contributed by atoms with Crippen molar-refractivity contribution >= 4 is 29.3 Å². The predicted molar refractivity (Wildman–Crippen MR) is 89.4 cm³/mol. The number of benzene rings is 1. The Morgan fingerprint density at radius 2 is 2.17 bits per heavy atom. The van der Waals surface area contributed by atoms with Gasteiger partial charge in [-0.05, 0) is 42.8 Å². The Morgan fingerprint density at radius 1 is 1.35 bits per heavy atom. The topological polar surface area (TPSA) is 59.5 Å². The third-order valence-corrected chi connectivity index (χ3v) is 4.87. The smallest absolute Gasteiger partial charge is 0.337 e. The first-order valence-corrected chi connectivity index (χ1v) is 8.20. The Kier molecular flexibility index (Phi) is 4.34. The fourth-order valence-corrected chi connectivity index (χ4v) is 3.73. The monoisotopic (exact) mass is 328 g/mol. The summed E-state index contributed by atoms with van der Waals surface area (Å²) in [4.78, 5) is 30.1. The molecule has 0 aliphatic carbocycles. The molecular weight excluding hydrogens is 312 g/mol. The molecule has 1 atom stereocenters. The minimum atomic E-state index is -0.386. The number of aryl methyl sites for hydroxylation is 1. The van der Waals surface area contributed by atoms with Crippen molar-refractivity contribution in [2.45, 2.75) is 12.3 Å². The molecule has 1 aromatic heterocycles. The second kappa shape index (κ2) is 6.42. The Bertz CT molecular complexity index is 749. The largest absolute Gasteiger partial charge is 0.465 e. The van der Waals surface area contributed by atoms with E-state index in [-0.39, 0.29) is 17.3 Å². The summed E-state index contributed by atoms with van der Waals surface area (Å²) in [5, 5.41) is -0.147. The molecule has 0 saturated carbocycles. The first kappa shape index (κ1) is 15.6. The molecule has 1 fully saturated rings. The van der Waals surface area contributed by atoms with Gasteiger partial charge in [-0.25, -0.2) is 4.79 Å². The van der Waals surface area contributed by atoms with Gasteiger partial charge in [0.05, 0.1) is 24.1 Å². The standard InChI is InChI=1S/C17H16N2O3S/c1-11-9-12(17(21)22-2)6-7-14(11)19-15(20)10-23-16(19)13-5-3-4-8-18-13/h3-9,16H,10H2,1-2H3. The van der Waals surface area contributed by atoms with Crippen LogP contribution in [-0.4, -0.2) is 29.7 Å². The number of carbonyl (C=O) groups excluding carboxylic acids is 2. The van der Waals surface area contributed by atoms with Gasteiger partial charge in [-0.1, -0.05) is 6.07 Å². The van der Waals surface area contributed by atoms with Gasteiger partial charge in [0.2, 0.25) is 5.91 Å². The molecule has 1 amide bonds. The zero-order valence-electron chi connectivity index (χ0n) is 12.9. The van der Waals surface area contributed by atoms with Crippen molar-refractivity contribution in [2.24, 2.45) is 0 Å². The molecule has 2 aromatic rings. The van der Waals surface area contributed by atoms with Crippen molar-refractivity contribution in [3.05, 3.63) is 59.4 Å². The number of anilines is 1. The van der Waals surface area contributed by atoms with E-state index < -0.39 is 0 Å². The molecule has 1 aliphatic rings. The van der Waals surface area contributed by atoms with Crippen LogP contribution in [0.4, 0.5) is 5.69 Å². The molecule has 3 rings (SSSR count). The van der Waals surface area contributed by atoms with Crippen molar-refractivity contribution in [1.29, 1.82) is 0 Å². The lowest BCUT2D eigenvalue weighted by Gasteiger charge is -2.25. The minimum Gasteiger partial charge on any atom is -0.465 e. The van der Waals surface area contributed by atoms with Crippen LogP contribution >= 0.6 is 11.8 Å². The maximum absolute atomic E-state index is 12.4. The average Bonchev–Trinajstić information content (AvgIpc) is 2.96. The maximum atomic E-state index is 12.4. The van der Waals surface area contributed by atoms with Gasteiger partial charge in [0.25, 0.3) is 0 Å². The van der Waals surface area contributed by atoms with Crippen molar-refractivity contribution in [1.82, 2.24) is 4.98 Å². The first-order valence-electron chi connectivity index (χ1n) is 7.15. The fraction of sp³-hybridized carbons (Fsp3) is 0.235. The Labute approximate surface area is 138 Å². The third kappa shape index (κ3) is 2.94. The number of pyridine rings is 1. The second-order valence-electron chi connectivity index (χ2n) is 5.17. The summed E-state index contributed by atoms with van der Waals surface area (Å²) in [6.45, 7) is 1.88. The molecule has 1 aromatic carbocycles. The lowest BCUT2D eigenvalue weighted by atomic mass is 10.1. The molecule has 118 valence electrons. The highest BCUT2D eigenvalue weighted by molar-refractivity contribution is 8.00. The van der Waals surface area contributed by atoms with E-state index in [0.29, 0.717) is 11.3 Å². The molecule has 0 bridgehead atoms. The quantitative estimate of drug-likeness (QED) is 0.811. The number of carbonyl (C=O) groups is 2. The van der Waals surface area contributed by atoms with Crippen LogP contribution in [0.5, 0.6) is 0 Å². The predicted octanol–water partition coefficient (Wildman–Crippen LogP) is 2.96. The summed E-state index contributed by atoms with van der Waals surface area (Å²) >= 11 is 1.55. The summed E-state index contributed by atoms with van der Waals surface area (Å²) in [7, 11) is 1.35. The lowest BCUT2D eigenvalue weighted by molar-refractivity contribution is -0.115. The second-order valence-corrected chi connectivity index (χ2v) is 6.24. The summed E-state index contributed by atoms with van der Waals surface area (Å²) in [6.07, 6.45) is 1.73. The number of ether oxygens (including phenoxy) is 1. The van der Waals surface area contributed by atoms with Crippen molar-refractivity contribution in [3.8, 4) is 0 Å². The summed E-state index contributed by atoms with van der Waals surface area (Å²) in [5.41, 5.74) is 2.97. The van der Waals surface area contributed by atoms with Gasteiger partial charge < -0.3 is 4.74 Å². The highest BCUT2D eigenvalue weighted by Gasteiger charge is 2.35. The number of amides is 1. The molecule has 0 spiro atoms. The van der Waals surface area contributed by atoms with E-state index >= 15 is 0 Å². The lowest BCUT2D eigenvalue weighted by Crippen LogP contribution is -2.29. The molecule has 1 saturated heterocycles. The molecule has 1 unspecified atom stereocenters. The van der Waals surface area contributed by atoms with Gasteiger partial charge in [-0.3, -0.25) is 14.7 Å². The van der Waals surface area contributed by atoms with E-state index in [9.17, 15) is 9.59 Å². The number of hydrogen-bond donors (Lipinski definition) is 0. The van der Waals surface area contributed by atoms with E-state index in [2.05, 4.69) is 4.98 Å². The maximum Gasteiger partial charge on any atom is 0.337 e. The minimum absolute atomic E-state index is 0.0413. The zero-order chi connectivity index (χ0) is 16.4. The van der Waals surface area contributed by atoms with Crippen LogP contribution in [0.2, 0.25) is 0 Å². The van der Waals surface area contributed by atoms with Crippen LogP contribution in [-0.2, 0) is 9.53 Å². The zero-order valence-corrected chi connectivity index (χ0v) is 13.7. The van der Waals surface area contributed by atoms with E-state index in [1.54, 1.807) is 41.1 Å². The Morgan fingerprint density at radius 3 is 2.83 bits per heavy atom. The van der Waals surface area contributed by atoms with E-state index in [0.717, 1.165) is 16.9 Å². The Hall–Kier alpha value is -2.34. The Balaban J connectivity index is 1.98. The van der Waals surface area contributed by atoms with Crippen LogP contribution in [0.25, 0.3) is 0 Å². The van der Waals surface area contributed by atoms with Crippen molar-refractivity contribution in [2.75, 3.05) is 17.8 Å². The molecule has 0 N–H and O–H groups in total.